The van der Waals surface area contributed by atoms with E-state index in [1.54, 1.807) is 18.2 Å². The number of benzene rings is 1. The minimum Gasteiger partial charge on any atom is -0.466 e. The number of nitrogens with one attached hydrogen (secondary N) is 1. The molecule has 0 aliphatic rings. The molecule has 0 fully saturated rings. The van der Waals surface area contributed by atoms with Crippen molar-refractivity contribution in [1.82, 2.24) is 0 Å². The Morgan fingerprint density at radius 2 is 1.90 bits per heavy atom. The second kappa shape index (κ2) is 7.54. The van der Waals surface area contributed by atoms with Crippen LogP contribution in [0.5, 0.6) is 0 Å². The molecule has 0 aromatic heterocycles. The predicted molar refractivity (Wildman–Crippen MR) is 81.5 cm³/mol. The van der Waals surface area contributed by atoms with Crippen LogP contribution in [0.15, 0.2) is 30.0 Å². The highest BCUT2D eigenvalue weighted by Crippen LogP contribution is 2.29. The smallest absolute Gasteiger partial charge is 0.354 e. The molecule has 0 saturated carbocycles. The van der Waals surface area contributed by atoms with Gasteiger partial charge in [0.25, 0.3) is 0 Å². The van der Waals surface area contributed by atoms with E-state index in [0.29, 0.717) is 10.7 Å². The molecule has 6 nitrogen and oxygen atoms in total. The lowest BCUT2D eigenvalue weighted by molar-refractivity contribution is -0.138. The Bertz CT molecular complexity index is 570. The van der Waals surface area contributed by atoms with Crippen LogP contribution >= 0.6 is 11.6 Å². The van der Waals surface area contributed by atoms with Gasteiger partial charge >= 0.3 is 11.9 Å². The fraction of sp³-hybridized carbons (Fsp3) is 0.286. The van der Waals surface area contributed by atoms with E-state index in [4.69, 9.17) is 11.6 Å². The van der Waals surface area contributed by atoms with Gasteiger partial charge in [-0.3, -0.25) is 0 Å². The molecule has 0 heterocycles. The van der Waals surface area contributed by atoms with E-state index in [-0.39, 0.29) is 5.70 Å². The zero-order chi connectivity index (χ0) is 16.0. The lowest BCUT2D eigenvalue weighted by Gasteiger charge is -2.19. The predicted octanol–water partition coefficient (Wildman–Crippen LogP) is 2.05. The van der Waals surface area contributed by atoms with Crippen LogP contribution in [0.1, 0.15) is 0 Å². The van der Waals surface area contributed by atoms with Crippen LogP contribution in [0.3, 0.4) is 0 Å². The molecule has 0 aliphatic carbocycles. The van der Waals surface area contributed by atoms with Crippen molar-refractivity contribution in [3.05, 3.63) is 35.0 Å². The van der Waals surface area contributed by atoms with E-state index >= 15 is 0 Å². The molecule has 7 heteroatoms. The van der Waals surface area contributed by atoms with Crippen molar-refractivity contribution in [2.24, 2.45) is 0 Å². The van der Waals surface area contributed by atoms with Crippen LogP contribution in [0.4, 0.5) is 11.4 Å². The van der Waals surface area contributed by atoms with Crippen molar-refractivity contribution < 1.29 is 19.1 Å². The molecule has 0 bridgehead atoms. The third-order valence-electron chi connectivity index (χ3n) is 2.58. The number of nitrogens with zero attached hydrogens (tertiary/aromatic N) is 1. The van der Waals surface area contributed by atoms with Gasteiger partial charge in [-0.25, -0.2) is 9.59 Å². The number of esters is 2. The normalized spacial score (nSPS) is 10.8. The summed E-state index contributed by atoms with van der Waals surface area (Å²) in [5.74, 6) is -1.36. The van der Waals surface area contributed by atoms with Gasteiger partial charge in [-0.2, -0.15) is 0 Å². The van der Waals surface area contributed by atoms with Crippen LogP contribution in [-0.2, 0) is 19.1 Å². The number of rotatable bonds is 5. The van der Waals surface area contributed by atoms with Crippen molar-refractivity contribution in [1.29, 1.82) is 0 Å². The van der Waals surface area contributed by atoms with E-state index in [1.165, 1.54) is 14.2 Å². The van der Waals surface area contributed by atoms with Crippen LogP contribution < -0.4 is 10.2 Å². The fourth-order valence-corrected chi connectivity index (χ4v) is 1.75. The number of carbonyl (C=O) groups excluding carboxylic acids is 2. The lowest BCUT2D eigenvalue weighted by Crippen LogP contribution is -2.18. The summed E-state index contributed by atoms with van der Waals surface area (Å²) >= 11 is 5.97. The number of anilines is 2. The maximum absolute atomic E-state index is 11.7. The SMILES string of the molecule is COC(=O)/C=C(/Nc1cc(Cl)ccc1N(C)C)C(=O)OC. The highest BCUT2D eigenvalue weighted by atomic mass is 35.5. The molecule has 1 N–H and O–H groups in total. The first-order valence-corrected chi connectivity index (χ1v) is 6.38. The maximum atomic E-state index is 11.7. The van der Waals surface area contributed by atoms with Gasteiger partial charge in [0, 0.05) is 19.1 Å². The van der Waals surface area contributed by atoms with Crippen molar-refractivity contribution in [3.8, 4) is 0 Å². The topological polar surface area (TPSA) is 67.9 Å². The molecule has 0 radical (unpaired) electrons. The second-order valence-corrected chi connectivity index (χ2v) is 4.69. The average molecular weight is 313 g/mol. The van der Waals surface area contributed by atoms with Gasteiger partial charge in [0.15, 0.2) is 0 Å². The van der Waals surface area contributed by atoms with E-state index in [0.717, 1.165) is 11.8 Å². The Morgan fingerprint density at radius 1 is 1.24 bits per heavy atom. The summed E-state index contributed by atoms with van der Waals surface area (Å²) in [6, 6.07) is 5.16. The molecule has 0 atom stereocenters. The Kier molecular flexibility index (Phi) is 6.05. The van der Waals surface area contributed by atoms with Gasteiger partial charge < -0.3 is 19.7 Å². The molecular weight excluding hydrogens is 296 g/mol. The minimum atomic E-state index is -0.690. The average Bonchev–Trinajstić information content (AvgIpc) is 2.45. The Balaban J connectivity index is 3.20. The van der Waals surface area contributed by atoms with E-state index in [1.807, 2.05) is 19.0 Å². The molecular formula is C14H17ClN2O4. The van der Waals surface area contributed by atoms with Gasteiger partial charge in [0.2, 0.25) is 0 Å². The zero-order valence-electron chi connectivity index (χ0n) is 12.3. The fourth-order valence-electron chi connectivity index (χ4n) is 1.58. The molecule has 0 amide bonds. The number of ether oxygens (including phenoxy) is 2. The van der Waals surface area contributed by atoms with Gasteiger partial charge in [-0.1, -0.05) is 11.6 Å². The molecule has 0 saturated heterocycles. The van der Waals surface area contributed by atoms with Gasteiger partial charge in [0.05, 0.1) is 31.7 Å². The van der Waals surface area contributed by atoms with E-state index in [2.05, 4.69) is 14.8 Å². The zero-order valence-corrected chi connectivity index (χ0v) is 13.0. The van der Waals surface area contributed by atoms with Crippen LogP contribution in [-0.4, -0.2) is 40.3 Å². The Morgan fingerprint density at radius 3 is 2.43 bits per heavy atom. The summed E-state index contributed by atoms with van der Waals surface area (Å²) in [5.41, 5.74) is 1.31. The van der Waals surface area contributed by atoms with Crippen molar-refractivity contribution >= 4 is 34.9 Å². The van der Waals surface area contributed by atoms with Crippen molar-refractivity contribution in [2.75, 3.05) is 38.5 Å². The quantitative estimate of drug-likeness (QED) is 0.663. The summed E-state index contributed by atoms with van der Waals surface area (Å²) in [7, 11) is 6.13. The third-order valence-corrected chi connectivity index (χ3v) is 2.81. The first-order valence-electron chi connectivity index (χ1n) is 6.01. The number of methoxy groups -OCH3 is 2. The van der Waals surface area contributed by atoms with Crippen molar-refractivity contribution in [3.63, 3.8) is 0 Å². The molecule has 1 aromatic rings. The van der Waals surface area contributed by atoms with Crippen LogP contribution in [0, 0.1) is 0 Å². The Hall–Kier alpha value is -2.21. The third kappa shape index (κ3) is 4.68. The standard InChI is InChI=1S/C14H17ClN2O4/c1-17(2)12-6-5-9(15)7-10(12)16-11(14(19)21-4)8-13(18)20-3/h5-8,16H,1-4H3/b11-8+. The minimum absolute atomic E-state index is 0.0466. The van der Waals surface area contributed by atoms with Gasteiger partial charge in [-0.15, -0.1) is 0 Å². The molecule has 1 aromatic carbocycles. The highest BCUT2D eigenvalue weighted by molar-refractivity contribution is 6.31. The van der Waals surface area contributed by atoms with Gasteiger partial charge in [0.1, 0.15) is 5.70 Å². The van der Waals surface area contributed by atoms with E-state index in [9.17, 15) is 9.59 Å². The molecule has 21 heavy (non-hydrogen) atoms. The molecule has 0 spiro atoms. The monoisotopic (exact) mass is 312 g/mol. The number of carbonyl (C=O) groups is 2. The molecule has 1 rings (SSSR count). The number of hydrogen-bond acceptors (Lipinski definition) is 6. The molecule has 114 valence electrons. The largest absolute Gasteiger partial charge is 0.466 e. The van der Waals surface area contributed by atoms with Crippen LogP contribution in [0.2, 0.25) is 5.02 Å². The number of halogens is 1. The first kappa shape index (κ1) is 16.8. The number of hydrogen-bond donors (Lipinski definition) is 1. The summed E-state index contributed by atoms with van der Waals surface area (Å²) in [4.78, 5) is 24.9. The van der Waals surface area contributed by atoms with Gasteiger partial charge in [-0.05, 0) is 18.2 Å². The highest BCUT2D eigenvalue weighted by Gasteiger charge is 2.15. The molecule has 0 unspecified atom stereocenters. The Labute approximate surface area is 128 Å². The first-order chi connectivity index (χ1) is 9.88. The van der Waals surface area contributed by atoms with Crippen LogP contribution in [0.25, 0.3) is 0 Å². The maximum Gasteiger partial charge on any atom is 0.354 e. The second-order valence-electron chi connectivity index (χ2n) is 4.25. The summed E-state index contributed by atoms with van der Waals surface area (Å²) in [6.07, 6.45) is 1.02. The summed E-state index contributed by atoms with van der Waals surface area (Å²) < 4.78 is 9.15. The van der Waals surface area contributed by atoms with E-state index < -0.39 is 11.9 Å². The summed E-state index contributed by atoms with van der Waals surface area (Å²) in [5, 5.41) is 3.34. The summed E-state index contributed by atoms with van der Waals surface area (Å²) in [6.45, 7) is 0. The lowest BCUT2D eigenvalue weighted by atomic mass is 10.2. The van der Waals surface area contributed by atoms with Crippen molar-refractivity contribution in [2.45, 2.75) is 0 Å². The molecule has 0 aliphatic heterocycles.